The standard InChI is InChI=1S/C15H23N3O3/c16-13-2-1-3-14(12-13)21-9-4-15(19)17-5-6-18-7-10-20-11-8-18/h1-3,12H,4-11,16H2,(H,17,19). The fourth-order valence-corrected chi connectivity index (χ4v) is 2.13. The molecule has 0 atom stereocenters. The number of rotatable bonds is 7. The normalized spacial score (nSPS) is 15.6. The molecule has 0 unspecified atom stereocenters. The van der Waals surface area contributed by atoms with E-state index in [0.29, 0.717) is 31.0 Å². The Morgan fingerprint density at radius 2 is 2.19 bits per heavy atom. The first-order valence-corrected chi connectivity index (χ1v) is 7.29. The van der Waals surface area contributed by atoms with Gasteiger partial charge >= 0.3 is 0 Å². The fraction of sp³-hybridized carbons (Fsp3) is 0.533. The van der Waals surface area contributed by atoms with Crippen LogP contribution in [0.3, 0.4) is 0 Å². The molecule has 6 heteroatoms. The molecule has 1 aromatic rings. The first kappa shape index (κ1) is 15.6. The highest BCUT2D eigenvalue weighted by atomic mass is 16.5. The first-order valence-electron chi connectivity index (χ1n) is 7.29. The number of nitrogen functional groups attached to an aromatic ring is 1. The van der Waals surface area contributed by atoms with Crippen LogP contribution in [0.25, 0.3) is 0 Å². The summed E-state index contributed by atoms with van der Waals surface area (Å²) in [6.07, 6.45) is 0.345. The van der Waals surface area contributed by atoms with Gasteiger partial charge in [0.1, 0.15) is 5.75 Å². The van der Waals surface area contributed by atoms with Crippen LogP contribution in [0.4, 0.5) is 5.69 Å². The van der Waals surface area contributed by atoms with Crippen molar-refractivity contribution < 1.29 is 14.3 Å². The van der Waals surface area contributed by atoms with Gasteiger partial charge in [-0.15, -0.1) is 0 Å². The molecule has 1 aliphatic rings. The SMILES string of the molecule is Nc1cccc(OCCC(=O)NCCN2CCOCC2)c1. The molecule has 1 saturated heterocycles. The van der Waals surface area contributed by atoms with Crippen LogP contribution in [0.15, 0.2) is 24.3 Å². The number of nitrogens with zero attached hydrogens (tertiary/aromatic N) is 1. The molecular weight excluding hydrogens is 270 g/mol. The third kappa shape index (κ3) is 6.01. The Morgan fingerprint density at radius 3 is 2.95 bits per heavy atom. The van der Waals surface area contributed by atoms with Gasteiger partial charge < -0.3 is 20.5 Å². The van der Waals surface area contributed by atoms with Crippen molar-refractivity contribution in [2.75, 3.05) is 51.7 Å². The number of nitrogens with one attached hydrogen (secondary N) is 1. The van der Waals surface area contributed by atoms with E-state index in [1.807, 2.05) is 12.1 Å². The molecule has 1 heterocycles. The number of hydrogen-bond donors (Lipinski definition) is 2. The Bertz CT molecular complexity index is 448. The van der Waals surface area contributed by atoms with Gasteiger partial charge in [-0.05, 0) is 12.1 Å². The summed E-state index contributed by atoms with van der Waals surface area (Å²) in [6, 6.07) is 7.20. The van der Waals surface area contributed by atoms with Crippen LogP contribution < -0.4 is 15.8 Å². The minimum Gasteiger partial charge on any atom is -0.493 e. The van der Waals surface area contributed by atoms with E-state index in [1.165, 1.54) is 0 Å². The van der Waals surface area contributed by atoms with Crippen molar-refractivity contribution >= 4 is 11.6 Å². The van der Waals surface area contributed by atoms with Gasteiger partial charge in [-0.2, -0.15) is 0 Å². The van der Waals surface area contributed by atoms with Gasteiger partial charge in [0, 0.05) is 37.9 Å². The second kappa shape index (κ2) is 8.49. The van der Waals surface area contributed by atoms with E-state index in [-0.39, 0.29) is 5.91 Å². The number of carbonyl (C=O) groups is 1. The summed E-state index contributed by atoms with van der Waals surface area (Å²) in [5, 5.41) is 2.90. The zero-order valence-electron chi connectivity index (χ0n) is 12.2. The van der Waals surface area contributed by atoms with Gasteiger partial charge in [-0.1, -0.05) is 6.07 Å². The fourth-order valence-electron chi connectivity index (χ4n) is 2.13. The zero-order valence-corrected chi connectivity index (χ0v) is 12.2. The molecule has 21 heavy (non-hydrogen) atoms. The highest BCUT2D eigenvalue weighted by Gasteiger charge is 2.10. The molecule has 1 fully saturated rings. The molecule has 0 bridgehead atoms. The minimum absolute atomic E-state index is 0.00663. The topological polar surface area (TPSA) is 76.8 Å². The van der Waals surface area contributed by atoms with Crippen LogP contribution in [0.5, 0.6) is 5.75 Å². The van der Waals surface area contributed by atoms with Crippen LogP contribution in [0.2, 0.25) is 0 Å². The maximum Gasteiger partial charge on any atom is 0.223 e. The van der Waals surface area contributed by atoms with Gasteiger partial charge in [-0.25, -0.2) is 0 Å². The van der Waals surface area contributed by atoms with E-state index in [2.05, 4.69) is 10.2 Å². The van der Waals surface area contributed by atoms with Crippen LogP contribution in [0, 0.1) is 0 Å². The number of hydrogen-bond acceptors (Lipinski definition) is 5. The van der Waals surface area contributed by atoms with E-state index in [4.69, 9.17) is 15.2 Å². The third-order valence-corrected chi connectivity index (χ3v) is 3.31. The van der Waals surface area contributed by atoms with Crippen LogP contribution in [-0.2, 0) is 9.53 Å². The van der Waals surface area contributed by atoms with E-state index >= 15 is 0 Å². The van der Waals surface area contributed by atoms with E-state index in [0.717, 1.165) is 32.8 Å². The molecule has 0 radical (unpaired) electrons. The smallest absolute Gasteiger partial charge is 0.223 e. The number of nitrogens with two attached hydrogens (primary N) is 1. The number of ether oxygens (including phenoxy) is 2. The second-order valence-electron chi connectivity index (χ2n) is 4.97. The number of anilines is 1. The molecule has 0 aromatic heterocycles. The molecule has 0 saturated carbocycles. The molecule has 0 spiro atoms. The van der Waals surface area contributed by atoms with Gasteiger partial charge in [0.2, 0.25) is 5.91 Å². The summed E-state index contributed by atoms with van der Waals surface area (Å²) >= 11 is 0. The summed E-state index contributed by atoms with van der Waals surface area (Å²) in [7, 11) is 0. The third-order valence-electron chi connectivity index (χ3n) is 3.31. The van der Waals surface area contributed by atoms with Gasteiger partial charge in [0.15, 0.2) is 0 Å². The van der Waals surface area contributed by atoms with Gasteiger partial charge in [0.25, 0.3) is 0 Å². The molecule has 3 N–H and O–H groups in total. The van der Waals surface area contributed by atoms with Crippen molar-refractivity contribution in [1.82, 2.24) is 10.2 Å². The minimum atomic E-state index is 0.00663. The molecule has 116 valence electrons. The van der Waals surface area contributed by atoms with Crippen molar-refractivity contribution in [2.45, 2.75) is 6.42 Å². The van der Waals surface area contributed by atoms with E-state index in [1.54, 1.807) is 12.1 Å². The first-order chi connectivity index (χ1) is 10.2. The lowest BCUT2D eigenvalue weighted by molar-refractivity contribution is -0.121. The molecule has 0 aliphatic carbocycles. The predicted molar refractivity (Wildman–Crippen MR) is 81.2 cm³/mol. The Kier molecular flexibility index (Phi) is 6.30. The molecule has 1 aromatic carbocycles. The maximum atomic E-state index is 11.7. The molecule has 1 aliphatic heterocycles. The summed E-state index contributed by atoms with van der Waals surface area (Å²) in [5.74, 6) is 0.697. The van der Waals surface area contributed by atoms with Crippen molar-refractivity contribution in [3.63, 3.8) is 0 Å². The maximum absolute atomic E-state index is 11.7. The average Bonchev–Trinajstić information content (AvgIpc) is 2.48. The Hall–Kier alpha value is -1.79. The van der Waals surface area contributed by atoms with Crippen molar-refractivity contribution in [3.8, 4) is 5.75 Å². The molecule has 1 amide bonds. The Balaban J connectivity index is 1.55. The summed E-state index contributed by atoms with van der Waals surface area (Å²) < 4.78 is 10.8. The molecule has 6 nitrogen and oxygen atoms in total. The number of morpholine rings is 1. The van der Waals surface area contributed by atoms with Gasteiger partial charge in [-0.3, -0.25) is 9.69 Å². The Labute approximate surface area is 125 Å². The van der Waals surface area contributed by atoms with Crippen LogP contribution in [-0.4, -0.2) is 56.8 Å². The highest BCUT2D eigenvalue weighted by Crippen LogP contribution is 2.14. The van der Waals surface area contributed by atoms with Gasteiger partial charge in [0.05, 0.1) is 26.2 Å². The summed E-state index contributed by atoms with van der Waals surface area (Å²) in [5.41, 5.74) is 6.31. The van der Waals surface area contributed by atoms with E-state index in [9.17, 15) is 4.79 Å². The quantitative estimate of drug-likeness (QED) is 0.715. The lowest BCUT2D eigenvalue weighted by Crippen LogP contribution is -2.41. The summed E-state index contributed by atoms with van der Waals surface area (Å²) in [6.45, 7) is 5.32. The average molecular weight is 293 g/mol. The lowest BCUT2D eigenvalue weighted by atomic mass is 10.3. The Morgan fingerprint density at radius 1 is 1.38 bits per heavy atom. The van der Waals surface area contributed by atoms with Crippen molar-refractivity contribution in [1.29, 1.82) is 0 Å². The number of amides is 1. The lowest BCUT2D eigenvalue weighted by Gasteiger charge is -2.26. The van der Waals surface area contributed by atoms with Crippen molar-refractivity contribution in [3.05, 3.63) is 24.3 Å². The number of benzene rings is 1. The highest BCUT2D eigenvalue weighted by molar-refractivity contribution is 5.75. The monoisotopic (exact) mass is 293 g/mol. The van der Waals surface area contributed by atoms with Crippen LogP contribution >= 0.6 is 0 Å². The molecule has 2 rings (SSSR count). The van der Waals surface area contributed by atoms with Crippen LogP contribution in [0.1, 0.15) is 6.42 Å². The predicted octanol–water partition coefficient (Wildman–Crippen LogP) is 0.486. The molecular formula is C15H23N3O3. The zero-order chi connectivity index (χ0) is 14.9. The second-order valence-corrected chi connectivity index (χ2v) is 4.97. The number of carbonyl (C=O) groups excluding carboxylic acids is 1. The summed E-state index contributed by atoms with van der Waals surface area (Å²) in [4.78, 5) is 14.0. The van der Waals surface area contributed by atoms with E-state index < -0.39 is 0 Å². The largest absolute Gasteiger partial charge is 0.493 e. The van der Waals surface area contributed by atoms with Crippen molar-refractivity contribution in [2.24, 2.45) is 0 Å².